The Kier molecular flexibility index (Phi) is 3.50. The first-order valence-corrected chi connectivity index (χ1v) is 5.22. The molecule has 4 heteroatoms. The summed E-state index contributed by atoms with van der Waals surface area (Å²) in [7, 11) is 2.08. The van der Waals surface area contributed by atoms with E-state index >= 15 is 0 Å². The summed E-state index contributed by atoms with van der Waals surface area (Å²) in [6.07, 6.45) is 4.50. The van der Waals surface area contributed by atoms with E-state index in [1.165, 1.54) is 19.3 Å². The standard InChI is InChI=1S/C10H21N3O/c1-10(12,9(11)14)6-7-13(2)8-4-3-5-8/h8H,3-7,12H2,1-2H3,(H2,11,14). The molecular formula is C10H21N3O. The summed E-state index contributed by atoms with van der Waals surface area (Å²) >= 11 is 0. The number of nitrogens with zero attached hydrogens (tertiary/aromatic N) is 1. The fraction of sp³-hybridized carbons (Fsp3) is 0.900. The lowest BCUT2D eigenvalue weighted by Crippen LogP contribution is -2.51. The van der Waals surface area contributed by atoms with Gasteiger partial charge >= 0.3 is 0 Å². The molecule has 1 atom stereocenters. The van der Waals surface area contributed by atoms with Crippen LogP contribution in [0.25, 0.3) is 0 Å². The van der Waals surface area contributed by atoms with Crippen molar-refractivity contribution in [3.05, 3.63) is 0 Å². The van der Waals surface area contributed by atoms with Gasteiger partial charge in [0.15, 0.2) is 0 Å². The Bertz CT molecular complexity index is 211. The third kappa shape index (κ3) is 2.69. The molecule has 1 fully saturated rings. The van der Waals surface area contributed by atoms with Crippen LogP contribution in [-0.4, -0.2) is 36.0 Å². The van der Waals surface area contributed by atoms with Crippen molar-refractivity contribution < 1.29 is 4.79 Å². The van der Waals surface area contributed by atoms with Gasteiger partial charge in [-0.2, -0.15) is 0 Å². The van der Waals surface area contributed by atoms with E-state index in [2.05, 4.69) is 11.9 Å². The van der Waals surface area contributed by atoms with Crippen LogP contribution >= 0.6 is 0 Å². The first-order chi connectivity index (χ1) is 6.43. The van der Waals surface area contributed by atoms with Gasteiger partial charge in [0.2, 0.25) is 5.91 Å². The molecule has 0 aliphatic heterocycles. The van der Waals surface area contributed by atoms with E-state index in [4.69, 9.17) is 11.5 Å². The Morgan fingerprint density at radius 1 is 1.57 bits per heavy atom. The molecule has 4 N–H and O–H groups in total. The topological polar surface area (TPSA) is 72.3 Å². The molecule has 1 unspecified atom stereocenters. The van der Waals surface area contributed by atoms with Crippen molar-refractivity contribution in [1.82, 2.24) is 4.90 Å². The highest BCUT2D eigenvalue weighted by molar-refractivity contribution is 5.83. The van der Waals surface area contributed by atoms with Gasteiger partial charge in [0.1, 0.15) is 0 Å². The Hall–Kier alpha value is -0.610. The first-order valence-electron chi connectivity index (χ1n) is 5.22. The lowest BCUT2D eigenvalue weighted by molar-refractivity contribution is -0.122. The zero-order valence-electron chi connectivity index (χ0n) is 9.12. The molecule has 1 aliphatic rings. The van der Waals surface area contributed by atoms with Crippen LogP contribution in [0.4, 0.5) is 0 Å². The van der Waals surface area contributed by atoms with Crippen molar-refractivity contribution in [2.45, 2.75) is 44.2 Å². The third-order valence-electron chi connectivity index (χ3n) is 3.24. The van der Waals surface area contributed by atoms with Gasteiger partial charge in [-0.3, -0.25) is 4.79 Å². The highest BCUT2D eigenvalue weighted by Gasteiger charge is 2.28. The monoisotopic (exact) mass is 199 g/mol. The number of nitrogens with two attached hydrogens (primary N) is 2. The maximum atomic E-state index is 11.0. The largest absolute Gasteiger partial charge is 0.368 e. The van der Waals surface area contributed by atoms with Crippen LogP contribution in [0.15, 0.2) is 0 Å². The highest BCUT2D eigenvalue weighted by Crippen LogP contribution is 2.24. The van der Waals surface area contributed by atoms with E-state index in [-0.39, 0.29) is 0 Å². The molecule has 1 amide bonds. The van der Waals surface area contributed by atoms with Crippen molar-refractivity contribution in [2.75, 3.05) is 13.6 Å². The number of hydrogen-bond donors (Lipinski definition) is 2. The van der Waals surface area contributed by atoms with E-state index in [1.807, 2.05) is 0 Å². The number of carbonyl (C=O) groups is 1. The molecule has 4 nitrogen and oxygen atoms in total. The van der Waals surface area contributed by atoms with Crippen molar-refractivity contribution in [3.8, 4) is 0 Å². The highest BCUT2D eigenvalue weighted by atomic mass is 16.1. The zero-order valence-corrected chi connectivity index (χ0v) is 9.12. The average molecular weight is 199 g/mol. The van der Waals surface area contributed by atoms with Crippen LogP contribution in [0, 0.1) is 0 Å². The molecule has 0 heterocycles. The van der Waals surface area contributed by atoms with Crippen LogP contribution < -0.4 is 11.5 Å². The number of primary amides is 1. The molecule has 0 saturated heterocycles. The first kappa shape index (κ1) is 11.5. The Morgan fingerprint density at radius 2 is 2.14 bits per heavy atom. The van der Waals surface area contributed by atoms with Crippen molar-refractivity contribution in [3.63, 3.8) is 0 Å². The lowest BCUT2D eigenvalue weighted by atomic mass is 9.90. The van der Waals surface area contributed by atoms with E-state index in [0.29, 0.717) is 12.5 Å². The second kappa shape index (κ2) is 4.28. The van der Waals surface area contributed by atoms with Crippen LogP contribution in [-0.2, 0) is 4.79 Å². The molecule has 1 saturated carbocycles. The number of rotatable bonds is 5. The number of carbonyl (C=O) groups excluding carboxylic acids is 1. The van der Waals surface area contributed by atoms with Gasteiger partial charge in [-0.1, -0.05) is 6.42 Å². The summed E-state index contributed by atoms with van der Waals surface area (Å²) < 4.78 is 0. The quantitative estimate of drug-likeness (QED) is 0.658. The second-order valence-corrected chi connectivity index (χ2v) is 4.60. The minimum atomic E-state index is -0.863. The molecule has 14 heavy (non-hydrogen) atoms. The van der Waals surface area contributed by atoms with Gasteiger partial charge in [0.05, 0.1) is 5.54 Å². The fourth-order valence-corrected chi connectivity index (χ4v) is 1.54. The lowest BCUT2D eigenvalue weighted by Gasteiger charge is -2.36. The van der Waals surface area contributed by atoms with Gasteiger partial charge in [0.25, 0.3) is 0 Å². The predicted molar refractivity (Wildman–Crippen MR) is 56.7 cm³/mol. The van der Waals surface area contributed by atoms with Gasteiger partial charge in [-0.25, -0.2) is 0 Å². The van der Waals surface area contributed by atoms with E-state index in [1.54, 1.807) is 6.92 Å². The smallest absolute Gasteiger partial charge is 0.237 e. The van der Waals surface area contributed by atoms with Crippen molar-refractivity contribution >= 4 is 5.91 Å². The van der Waals surface area contributed by atoms with E-state index in [9.17, 15) is 4.79 Å². The number of amides is 1. The molecule has 0 spiro atoms. The number of hydrogen-bond acceptors (Lipinski definition) is 3. The Labute approximate surface area is 85.6 Å². The zero-order chi connectivity index (χ0) is 10.8. The van der Waals surface area contributed by atoms with Crippen molar-refractivity contribution in [1.29, 1.82) is 0 Å². The molecule has 82 valence electrons. The summed E-state index contributed by atoms with van der Waals surface area (Å²) in [5.41, 5.74) is 10.1. The van der Waals surface area contributed by atoms with Crippen LogP contribution in [0.3, 0.4) is 0 Å². The normalized spacial score (nSPS) is 21.7. The molecule has 0 bridgehead atoms. The summed E-state index contributed by atoms with van der Waals surface area (Å²) in [5, 5.41) is 0. The molecule has 0 aromatic heterocycles. The van der Waals surface area contributed by atoms with E-state index < -0.39 is 11.4 Å². The molecule has 1 aliphatic carbocycles. The van der Waals surface area contributed by atoms with Gasteiger partial charge < -0.3 is 16.4 Å². The van der Waals surface area contributed by atoms with E-state index in [0.717, 1.165) is 6.54 Å². The molecular weight excluding hydrogens is 178 g/mol. The summed E-state index contributed by atoms with van der Waals surface area (Å²) in [5.74, 6) is -0.417. The minimum absolute atomic E-state index is 0.417. The van der Waals surface area contributed by atoms with Crippen LogP contribution in [0.2, 0.25) is 0 Å². The third-order valence-corrected chi connectivity index (χ3v) is 3.24. The Balaban J connectivity index is 2.28. The van der Waals surface area contributed by atoms with Crippen LogP contribution in [0.5, 0.6) is 0 Å². The molecule has 0 radical (unpaired) electrons. The van der Waals surface area contributed by atoms with Gasteiger partial charge in [-0.05, 0) is 33.2 Å². The van der Waals surface area contributed by atoms with Gasteiger partial charge in [0, 0.05) is 12.6 Å². The maximum Gasteiger partial charge on any atom is 0.237 e. The van der Waals surface area contributed by atoms with Crippen molar-refractivity contribution in [2.24, 2.45) is 11.5 Å². The molecule has 0 aromatic rings. The Morgan fingerprint density at radius 3 is 2.50 bits per heavy atom. The molecule has 0 aromatic carbocycles. The summed E-state index contributed by atoms with van der Waals surface area (Å²) in [4.78, 5) is 13.2. The predicted octanol–water partition coefficient (Wildman–Crippen LogP) is 0.0635. The second-order valence-electron chi connectivity index (χ2n) is 4.60. The van der Waals surface area contributed by atoms with Crippen LogP contribution in [0.1, 0.15) is 32.6 Å². The summed E-state index contributed by atoms with van der Waals surface area (Å²) in [6.45, 7) is 2.55. The molecule has 1 rings (SSSR count). The minimum Gasteiger partial charge on any atom is -0.368 e. The summed E-state index contributed by atoms with van der Waals surface area (Å²) in [6, 6.07) is 0.693. The van der Waals surface area contributed by atoms with Gasteiger partial charge in [-0.15, -0.1) is 0 Å². The average Bonchev–Trinajstić information content (AvgIpc) is 1.97. The SMILES string of the molecule is CN(CCC(C)(N)C(N)=O)C1CCC1. The maximum absolute atomic E-state index is 11.0. The fourth-order valence-electron chi connectivity index (χ4n) is 1.54.